The van der Waals surface area contributed by atoms with Crippen molar-refractivity contribution in [2.45, 2.75) is 27.7 Å². The van der Waals surface area contributed by atoms with Crippen LogP contribution in [-0.2, 0) is 0 Å². The minimum absolute atomic E-state index is 0.149. The lowest BCUT2D eigenvalue weighted by atomic mass is 9.34. The van der Waals surface area contributed by atoms with Crippen molar-refractivity contribution in [3.63, 3.8) is 0 Å². The average Bonchev–Trinajstić information content (AvgIpc) is 4.29. The molecule has 0 aliphatic carbocycles. The second-order valence-corrected chi connectivity index (χ2v) is 21.8. The van der Waals surface area contributed by atoms with Crippen LogP contribution in [0.5, 0.6) is 11.5 Å². The normalized spacial score (nSPS) is 13.0. The van der Waals surface area contributed by atoms with Crippen LogP contribution in [0.2, 0.25) is 0 Å². The Kier molecular flexibility index (Phi) is 7.87. The molecule has 2 aliphatic rings. The third kappa shape index (κ3) is 5.35. The first-order chi connectivity index (χ1) is 37.8. The number of nitrogens with zero attached hydrogens (tertiary/aromatic N) is 3. The van der Waals surface area contributed by atoms with Crippen LogP contribution in [0.25, 0.3) is 137 Å². The zero-order valence-electron chi connectivity index (χ0n) is 42.6. The molecular formula is C70H44BN3O3. The summed E-state index contributed by atoms with van der Waals surface area (Å²) in [6, 6.07) is 71.3. The second-order valence-electron chi connectivity index (χ2n) is 21.8. The molecule has 0 amide bonds. The van der Waals surface area contributed by atoms with Crippen LogP contribution in [0.4, 0.5) is 0 Å². The van der Waals surface area contributed by atoms with Crippen LogP contribution < -0.4 is 21.1 Å². The van der Waals surface area contributed by atoms with Crippen molar-refractivity contribution in [3.05, 3.63) is 216 Å². The number of aromatic nitrogens is 3. The van der Waals surface area contributed by atoms with Crippen molar-refractivity contribution in [2.75, 3.05) is 0 Å². The van der Waals surface area contributed by atoms with Gasteiger partial charge in [-0.1, -0.05) is 109 Å². The molecule has 0 saturated carbocycles. The maximum absolute atomic E-state index is 7.34. The predicted octanol–water partition coefficient (Wildman–Crippen LogP) is 16.6. The van der Waals surface area contributed by atoms with Gasteiger partial charge in [0.25, 0.3) is 6.71 Å². The van der Waals surface area contributed by atoms with Crippen LogP contribution in [0, 0.1) is 27.7 Å². The minimum atomic E-state index is -0.149. The molecule has 0 unspecified atom stereocenters. The predicted molar refractivity (Wildman–Crippen MR) is 320 cm³/mol. The number of ether oxygens (including phenoxy) is 1. The molecule has 0 saturated heterocycles. The molecule has 11 aromatic carbocycles. The minimum Gasteiger partial charge on any atom is -0.458 e. The van der Waals surface area contributed by atoms with E-state index in [2.05, 4.69) is 236 Å². The van der Waals surface area contributed by atoms with Gasteiger partial charge in [-0.25, -0.2) is 0 Å². The van der Waals surface area contributed by atoms with Gasteiger partial charge < -0.3 is 27.3 Å². The highest BCUT2D eigenvalue weighted by Gasteiger charge is 2.42. The maximum atomic E-state index is 7.34. The molecule has 77 heavy (non-hydrogen) atoms. The Balaban J connectivity index is 0.969. The first-order valence-corrected chi connectivity index (χ1v) is 26.7. The molecule has 2 aliphatic heterocycles. The Hall–Kier alpha value is -9.72. The van der Waals surface area contributed by atoms with Crippen molar-refractivity contribution < 1.29 is 13.6 Å². The van der Waals surface area contributed by atoms with E-state index in [0.717, 1.165) is 105 Å². The summed E-state index contributed by atoms with van der Waals surface area (Å²) in [6.45, 7) is 8.68. The highest BCUT2D eigenvalue weighted by molar-refractivity contribution is 6.99. The topological polar surface area (TPSA) is 50.3 Å². The fraction of sp³-hybridized carbons (Fsp3) is 0.0571. The molecule has 360 valence electrons. The van der Waals surface area contributed by atoms with E-state index in [-0.39, 0.29) is 6.71 Å². The highest BCUT2D eigenvalue weighted by atomic mass is 16.5. The molecule has 18 rings (SSSR count). The Morgan fingerprint density at radius 3 is 1.52 bits per heavy atom. The molecule has 6 nitrogen and oxygen atoms in total. The van der Waals surface area contributed by atoms with E-state index >= 15 is 0 Å². The van der Waals surface area contributed by atoms with Crippen LogP contribution in [0.1, 0.15) is 22.3 Å². The van der Waals surface area contributed by atoms with Crippen LogP contribution in [0.15, 0.2) is 203 Å². The van der Waals surface area contributed by atoms with Crippen LogP contribution in [-0.4, -0.2) is 20.4 Å². The van der Waals surface area contributed by atoms with E-state index in [9.17, 15) is 0 Å². The standard InChI is InChI=1S/C70H44BN3O3/c1-37-29-39(3)64(40(4)30-37)41-21-26-62-52(33-41)71-53-36-51-50-35-43(73-56-19-11-7-15-46(56)47-16-8-12-20-57(47)73)23-28-61(50)77-70(51)66-65-58(74(68(53)66)59-31-38(2)32-63(75-62)67(59)71)25-24-48-49-34-42(22-27-60(49)76-69(48)65)72-54-17-9-5-13-44(54)45-14-6-10-18-55(45)72/h5-36H,1-4H3. The van der Waals surface area contributed by atoms with Gasteiger partial charge in [-0.2, -0.15) is 0 Å². The summed E-state index contributed by atoms with van der Waals surface area (Å²) in [4.78, 5) is 0. The van der Waals surface area contributed by atoms with E-state index in [0.29, 0.717) is 0 Å². The van der Waals surface area contributed by atoms with Gasteiger partial charge in [-0.05, 0) is 163 Å². The lowest BCUT2D eigenvalue weighted by molar-refractivity contribution is 0.487. The fourth-order valence-electron chi connectivity index (χ4n) is 14.5. The first kappa shape index (κ1) is 41.6. The molecule has 0 radical (unpaired) electrons. The SMILES string of the molecule is Cc1cc(C)c(-c2ccc3c(c2)B2c4c(cc(C)cc4-n4c5ccc6c7cc(-n8c9ccccc9c9ccccc98)ccc7oc6c5c5c6oc7ccc(-n8c9ccccc9c9ccccc98)cc7c6cc2c54)O3)c(C)c1. The average molecular weight is 986 g/mol. The van der Waals surface area contributed by atoms with E-state index < -0.39 is 0 Å². The Labute approximate surface area is 441 Å². The van der Waals surface area contributed by atoms with Crippen LogP contribution >= 0.6 is 0 Å². The fourth-order valence-corrected chi connectivity index (χ4v) is 14.5. The quantitative estimate of drug-likeness (QED) is 0.166. The van der Waals surface area contributed by atoms with Gasteiger partial charge in [0.2, 0.25) is 0 Å². The number of para-hydroxylation sites is 4. The molecule has 0 spiro atoms. The van der Waals surface area contributed by atoms with Crippen molar-refractivity contribution in [2.24, 2.45) is 0 Å². The molecule has 5 aromatic heterocycles. The zero-order chi connectivity index (χ0) is 50.7. The summed E-state index contributed by atoms with van der Waals surface area (Å²) in [5.41, 5.74) is 24.5. The van der Waals surface area contributed by atoms with Crippen molar-refractivity contribution in [1.29, 1.82) is 0 Å². The molecule has 0 fully saturated rings. The molecule has 7 heteroatoms. The van der Waals surface area contributed by atoms with Crippen molar-refractivity contribution in [3.8, 4) is 39.7 Å². The zero-order valence-corrected chi connectivity index (χ0v) is 42.6. The summed E-state index contributed by atoms with van der Waals surface area (Å²) < 4.78 is 29.0. The summed E-state index contributed by atoms with van der Waals surface area (Å²) in [5, 5.41) is 11.3. The third-order valence-corrected chi connectivity index (χ3v) is 17.4. The van der Waals surface area contributed by atoms with Gasteiger partial charge >= 0.3 is 0 Å². The molecule has 0 N–H and O–H groups in total. The third-order valence-electron chi connectivity index (χ3n) is 17.4. The highest BCUT2D eigenvalue weighted by Crippen LogP contribution is 2.48. The number of hydrogen-bond acceptors (Lipinski definition) is 3. The summed E-state index contributed by atoms with van der Waals surface area (Å²) in [6.07, 6.45) is 0. The van der Waals surface area contributed by atoms with Gasteiger partial charge in [0, 0.05) is 60.2 Å². The monoisotopic (exact) mass is 985 g/mol. The van der Waals surface area contributed by atoms with Gasteiger partial charge in [0.15, 0.2) is 0 Å². The van der Waals surface area contributed by atoms with E-state index in [1.807, 2.05) is 0 Å². The van der Waals surface area contributed by atoms with Crippen LogP contribution in [0.3, 0.4) is 0 Å². The maximum Gasteiger partial charge on any atom is 0.256 e. The Morgan fingerprint density at radius 1 is 0.377 bits per heavy atom. The van der Waals surface area contributed by atoms with E-state index in [1.54, 1.807) is 0 Å². The number of aryl methyl sites for hydroxylation is 4. The van der Waals surface area contributed by atoms with E-state index in [1.165, 1.54) is 82.4 Å². The van der Waals surface area contributed by atoms with Gasteiger partial charge in [-0.3, -0.25) is 0 Å². The summed E-state index contributed by atoms with van der Waals surface area (Å²) in [5.74, 6) is 1.77. The largest absolute Gasteiger partial charge is 0.458 e. The number of fused-ring (bicyclic) bond motifs is 21. The van der Waals surface area contributed by atoms with Gasteiger partial charge in [-0.15, -0.1) is 0 Å². The lowest BCUT2D eigenvalue weighted by Crippen LogP contribution is -2.58. The Morgan fingerprint density at radius 2 is 0.922 bits per heavy atom. The smallest absolute Gasteiger partial charge is 0.256 e. The van der Waals surface area contributed by atoms with Crippen molar-refractivity contribution in [1.82, 2.24) is 13.7 Å². The second kappa shape index (κ2) is 14.6. The number of benzene rings is 11. The van der Waals surface area contributed by atoms with E-state index in [4.69, 9.17) is 13.6 Å². The number of rotatable bonds is 3. The summed E-state index contributed by atoms with van der Waals surface area (Å²) in [7, 11) is 0. The molecule has 0 atom stereocenters. The van der Waals surface area contributed by atoms with Gasteiger partial charge in [0.05, 0.1) is 43.9 Å². The molecular weight excluding hydrogens is 942 g/mol. The first-order valence-electron chi connectivity index (χ1n) is 26.7. The molecule has 16 aromatic rings. The molecule has 7 heterocycles. The van der Waals surface area contributed by atoms with Gasteiger partial charge in [0.1, 0.15) is 33.8 Å². The van der Waals surface area contributed by atoms with Crippen molar-refractivity contribution >= 4 is 132 Å². The molecule has 0 bridgehead atoms. The number of furan rings is 2. The Bertz CT molecular complexity index is 5260. The lowest BCUT2D eigenvalue weighted by Gasteiger charge is -2.34. The summed E-state index contributed by atoms with van der Waals surface area (Å²) >= 11 is 0. The number of hydrogen-bond donors (Lipinski definition) is 0.